The van der Waals surface area contributed by atoms with E-state index in [-0.39, 0.29) is 11.4 Å². The lowest BCUT2D eigenvalue weighted by Gasteiger charge is -2.44. The van der Waals surface area contributed by atoms with E-state index in [0.717, 1.165) is 0 Å². The van der Waals surface area contributed by atoms with Crippen LogP contribution < -0.4 is 4.90 Å². The summed E-state index contributed by atoms with van der Waals surface area (Å²) in [5.74, 6) is -1.62. The normalized spacial score (nSPS) is 20.5. The minimum absolute atomic E-state index is 0.235. The molecule has 2 aromatic heterocycles. The number of likely N-dealkylation sites (N-methyl/N-ethyl adjacent to an activating group) is 1. The molecule has 1 aliphatic heterocycles. The Balaban J connectivity index is 1.64. The van der Waals surface area contributed by atoms with E-state index in [1.807, 2.05) is 4.90 Å². The van der Waals surface area contributed by atoms with E-state index in [4.69, 9.17) is 0 Å². The first kappa shape index (κ1) is 20.2. The zero-order chi connectivity index (χ0) is 21.5. The number of hydrogen-bond donors (Lipinski definition) is 1. The predicted octanol–water partition coefficient (Wildman–Crippen LogP) is 3.10. The minimum Gasteiger partial charge on any atom is -0.376 e. The van der Waals surface area contributed by atoms with Crippen molar-refractivity contribution >= 4 is 5.82 Å². The van der Waals surface area contributed by atoms with Crippen molar-refractivity contribution in [2.45, 2.75) is 18.4 Å². The van der Waals surface area contributed by atoms with Crippen LogP contribution in [0.25, 0.3) is 11.4 Å². The van der Waals surface area contributed by atoms with Crippen LogP contribution in [0.3, 0.4) is 0 Å². The number of halogens is 4. The zero-order valence-corrected chi connectivity index (χ0v) is 15.7. The monoisotopic (exact) mass is 423 g/mol. The smallest absolute Gasteiger partial charge is 0.376 e. The van der Waals surface area contributed by atoms with Gasteiger partial charge in [-0.3, -0.25) is 4.90 Å². The average Bonchev–Trinajstić information content (AvgIpc) is 3.21. The van der Waals surface area contributed by atoms with Gasteiger partial charge in [-0.25, -0.2) is 9.37 Å². The number of rotatable bonds is 3. The van der Waals surface area contributed by atoms with Crippen molar-refractivity contribution in [1.82, 2.24) is 20.0 Å². The first-order valence-electron chi connectivity index (χ1n) is 9.02. The van der Waals surface area contributed by atoms with Gasteiger partial charge in [0.2, 0.25) is 5.82 Å². The third kappa shape index (κ3) is 3.85. The van der Waals surface area contributed by atoms with E-state index in [2.05, 4.69) is 19.6 Å². The van der Waals surface area contributed by atoms with Crippen molar-refractivity contribution in [3.8, 4) is 11.4 Å². The van der Waals surface area contributed by atoms with Gasteiger partial charge in [0.15, 0.2) is 0 Å². The van der Waals surface area contributed by atoms with Crippen LogP contribution in [-0.4, -0.2) is 51.5 Å². The molecule has 7 nitrogen and oxygen atoms in total. The molecule has 0 spiro atoms. The number of aromatic nitrogens is 3. The summed E-state index contributed by atoms with van der Waals surface area (Å²) < 4.78 is 56.0. The van der Waals surface area contributed by atoms with Crippen molar-refractivity contribution in [3.05, 3.63) is 59.9 Å². The molecule has 0 amide bonds. The van der Waals surface area contributed by atoms with E-state index in [9.17, 15) is 22.7 Å². The van der Waals surface area contributed by atoms with Crippen LogP contribution in [0.5, 0.6) is 0 Å². The van der Waals surface area contributed by atoms with E-state index in [1.165, 1.54) is 24.4 Å². The predicted molar refractivity (Wildman–Crippen MR) is 97.7 cm³/mol. The van der Waals surface area contributed by atoms with Gasteiger partial charge in [-0.05, 0) is 36.9 Å². The molecule has 1 aromatic carbocycles. The molecule has 1 N–H and O–H groups in total. The largest absolute Gasteiger partial charge is 0.471 e. The Hall–Kier alpha value is -3.05. The van der Waals surface area contributed by atoms with Crippen LogP contribution >= 0.6 is 0 Å². The van der Waals surface area contributed by atoms with Gasteiger partial charge in [-0.1, -0.05) is 17.3 Å². The summed E-state index contributed by atoms with van der Waals surface area (Å²) in [4.78, 5) is 11.2. The molecule has 0 saturated carbocycles. The maximum Gasteiger partial charge on any atom is 0.471 e. The summed E-state index contributed by atoms with van der Waals surface area (Å²) in [6.45, 7) is 1.04. The average molecular weight is 423 g/mol. The summed E-state index contributed by atoms with van der Waals surface area (Å²) in [6, 6.07) is 8.47. The summed E-state index contributed by atoms with van der Waals surface area (Å²) in [5.41, 5.74) is 0.822. The molecule has 0 bridgehead atoms. The Labute approximate surface area is 168 Å². The highest BCUT2D eigenvalue weighted by molar-refractivity contribution is 5.56. The van der Waals surface area contributed by atoms with Gasteiger partial charge in [0.1, 0.15) is 17.9 Å². The maximum atomic E-state index is 13.8. The van der Waals surface area contributed by atoms with Gasteiger partial charge in [0, 0.05) is 24.8 Å². The quantitative estimate of drug-likeness (QED) is 0.649. The highest BCUT2D eigenvalue weighted by Gasteiger charge is 2.39. The van der Waals surface area contributed by atoms with Crippen molar-refractivity contribution < 1.29 is 27.2 Å². The van der Waals surface area contributed by atoms with Gasteiger partial charge in [0.05, 0.1) is 6.04 Å². The molecule has 158 valence electrons. The van der Waals surface area contributed by atoms with Crippen molar-refractivity contribution in [3.63, 3.8) is 0 Å². The number of benzene rings is 1. The lowest BCUT2D eigenvalue weighted by atomic mass is 10.00. The van der Waals surface area contributed by atoms with Gasteiger partial charge < -0.3 is 14.5 Å². The Kier molecular flexibility index (Phi) is 5.16. The third-order valence-corrected chi connectivity index (χ3v) is 4.92. The third-order valence-electron chi connectivity index (χ3n) is 4.92. The van der Waals surface area contributed by atoms with E-state index in [0.29, 0.717) is 24.5 Å². The highest BCUT2D eigenvalue weighted by Crippen LogP contribution is 2.34. The molecule has 11 heteroatoms. The fourth-order valence-corrected chi connectivity index (χ4v) is 3.38. The molecule has 1 fully saturated rings. The van der Waals surface area contributed by atoms with Gasteiger partial charge in [0.25, 0.3) is 0 Å². The number of pyridine rings is 1. The molecular weight excluding hydrogens is 406 g/mol. The molecule has 3 heterocycles. The first-order valence-corrected chi connectivity index (χ1v) is 9.02. The molecule has 1 saturated heterocycles. The molecular formula is C19H17F4N5O2. The lowest BCUT2D eigenvalue weighted by molar-refractivity contribution is -0.159. The molecule has 0 aliphatic carbocycles. The fourth-order valence-electron chi connectivity index (χ4n) is 3.38. The Morgan fingerprint density at radius 3 is 2.60 bits per heavy atom. The van der Waals surface area contributed by atoms with Crippen LogP contribution in [0.2, 0.25) is 0 Å². The summed E-state index contributed by atoms with van der Waals surface area (Å²) in [6.07, 6.45) is -4.31. The maximum absolute atomic E-state index is 13.8. The zero-order valence-electron chi connectivity index (χ0n) is 15.7. The van der Waals surface area contributed by atoms with Crippen molar-refractivity contribution in [1.29, 1.82) is 0 Å². The highest BCUT2D eigenvalue weighted by atomic mass is 19.4. The second-order valence-electron chi connectivity index (χ2n) is 6.91. The minimum atomic E-state index is -4.73. The molecule has 3 aromatic rings. The Bertz CT molecular complexity index is 1020. The number of aliphatic hydroxyl groups is 1. The van der Waals surface area contributed by atoms with Gasteiger partial charge >= 0.3 is 12.1 Å². The second kappa shape index (κ2) is 7.65. The number of aliphatic hydroxyl groups excluding tert-OH is 1. The number of anilines is 1. The molecule has 30 heavy (non-hydrogen) atoms. The van der Waals surface area contributed by atoms with Crippen molar-refractivity contribution in [2.75, 3.05) is 25.0 Å². The Morgan fingerprint density at radius 2 is 1.97 bits per heavy atom. The Morgan fingerprint density at radius 1 is 1.17 bits per heavy atom. The SMILES string of the molecule is CN1CCN(c2ccc(-c3noc(C(F)(F)F)n3)cn2)C(c2cccc(F)c2)C1O. The van der Waals surface area contributed by atoms with Crippen LogP contribution in [0.4, 0.5) is 23.4 Å². The molecule has 1 aliphatic rings. The standard InChI is InChI=1S/C19H17F4N5O2/c1-27-7-8-28(15(17(27)29)11-3-2-4-13(20)9-11)14-6-5-12(10-24-14)16-25-18(30-26-16)19(21,22)23/h2-6,9-10,15,17,29H,7-8H2,1H3. The first-order chi connectivity index (χ1) is 14.2. The summed E-state index contributed by atoms with van der Waals surface area (Å²) in [7, 11) is 1.76. The van der Waals surface area contributed by atoms with Gasteiger partial charge in [-0.15, -0.1) is 0 Å². The summed E-state index contributed by atoms with van der Waals surface area (Å²) in [5, 5.41) is 14.1. The molecule has 2 atom stereocenters. The number of alkyl halides is 3. The van der Waals surface area contributed by atoms with Crippen LogP contribution in [0, 0.1) is 5.82 Å². The molecule has 0 radical (unpaired) electrons. The van der Waals surface area contributed by atoms with Crippen LogP contribution in [0.1, 0.15) is 17.5 Å². The lowest BCUT2D eigenvalue weighted by Crippen LogP contribution is -2.53. The summed E-state index contributed by atoms with van der Waals surface area (Å²) >= 11 is 0. The molecule has 4 rings (SSSR count). The fraction of sp³-hybridized carbons (Fsp3) is 0.316. The van der Waals surface area contributed by atoms with Crippen LogP contribution in [-0.2, 0) is 6.18 Å². The molecule has 2 unspecified atom stereocenters. The van der Waals surface area contributed by atoms with E-state index in [1.54, 1.807) is 30.1 Å². The van der Waals surface area contributed by atoms with Gasteiger partial charge in [-0.2, -0.15) is 18.2 Å². The number of hydrogen-bond acceptors (Lipinski definition) is 7. The topological polar surface area (TPSA) is 78.5 Å². The van der Waals surface area contributed by atoms with Crippen LogP contribution in [0.15, 0.2) is 47.1 Å². The number of piperazine rings is 1. The van der Waals surface area contributed by atoms with E-state index >= 15 is 0 Å². The van der Waals surface area contributed by atoms with E-state index < -0.39 is 30.2 Å². The second-order valence-corrected chi connectivity index (χ2v) is 6.91. The van der Waals surface area contributed by atoms with Crippen molar-refractivity contribution in [2.24, 2.45) is 0 Å². The number of nitrogens with zero attached hydrogens (tertiary/aromatic N) is 5.